The molecule has 3 nitrogen and oxygen atoms in total. The fourth-order valence-corrected chi connectivity index (χ4v) is 3.53. The van der Waals surface area contributed by atoms with E-state index in [9.17, 15) is 4.79 Å². The van der Waals surface area contributed by atoms with Gasteiger partial charge in [0.2, 0.25) is 5.91 Å². The predicted molar refractivity (Wildman–Crippen MR) is 80.6 cm³/mol. The molecule has 1 aliphatic heterocycles. The lowest BCUT2D eigenvalue weighted by molar-refractivity contribution is -0.127. The van der Waals surface area contributed by atoms with Crippen molar-refractivity contribution in [3.63, 3.8) is 0 Å². The molecule has 1 amide bonds. The zero-order valence-electron chi connectivity index (χ0n) is 12.2. The van der Waals surface area contributed by atoms with Crippen LogP contribution in [0.1, 0.15) is 37.3 Å². The van der Waals surface area contributed by atoms with Gasteiger partial charge in [-0.05, 0) is 56.7 Å². The highest BCUT2D eigenvalue weighted by Crippen LogP contribution is 2.22. The molecule has 0 aromatic heterocycles. The number of carbonyl (C=O) groups excluding carboxylic acids is 1. The zero-order chi connectivity index (χ0) is 13.9. The highest BCUT2D eigenvalue weighted by atomic mass is 16.2. The molecule has 3 atom stereocenters. The van der Waals surface area contributed by atoms with E-state index in [1.807, 2.05) is 0 Å². The second kappa shape index (κ2) is 5.96. The smallest absolute Gasteiger partial charge is 0.224 e. The molecule has 2 aliphatic rings. The van der Waals surface area contributed by atoms with Crippen molar-refractivity contribution in [2.45, 2.75) is 51.1 Å². The molecule has 108 valence electrons. The molecule has 1 aliphatic carbocycles. The van der Waals surface area contributed by atoms with E-state index in [1.54, 1.807) is 0 Å². The van der Waals surface area contributed by atoms with E-state index in [4.69, 9.17) is 0 Å². The first-order chi connectivity index (χ1) is 9.74. The summed E-state index contributed by atoms with van der Waals surface area (Å²) in [6.45, 7) is 3.17. The monoisotopic (exact) mass is 272 g/mol. The maximum Gasteiger partial charge on any atom is 0.224 e. The van der Waals surface area contributed by atoms with Gasteiger partial charge in [-0.3, -0.25) is 4.79 Å². The van der Waals surface area contributed by atoms with Gasteiger partial charge < -0.3 is 10.6 Å². The average molecular weight is 272 g/mol. The molecule has 0 radical (unpaired) electrons. The van der Waals surface area contributed by atoms with Crippen LogP contribution >= 0.6 is 0 Å². The first-order valence-electron chi connectivity index (χ1n) is 7.84. The number of rotatable bonds is 2. The zero-order valence-corrected chi connectivity index (χ0v) is 12.2. The molecule has 1 saturated heterocycles. The van der Waals surface area contributed by atoms with Crippen LogP contribution in [0.15, 0.2) is 24.3 Å². The van der Waals surface area contributed by atoms with Crippen LogP contribution in [0.25, 0.3) is 0 Å². The second-order valence-electron chi connectivity index (χ2n) is 6.21. The summed E-state index contributed by atoms with van der Waals surface area (Å²) >= 11 is 0. The lowest BCUT2D eigenvalue weighted by atomic mass is 9.87. The number of piperidine rings is 1. The number of carbonyl (C=O) groups is 1. The minimum Gasteiger partial charge on any atom is -0.353 e. The van der Waals surface area contributed by atoms with Gasteiger partial charge in [0.1, 0.15) is 0 Å². The van der Waals surface area contributed by atoms with Gasteiger partial charge in [-0.25, -0.2) is 0 Å². The number of benzene rings is 1. The molecule has 1 aromatic carbocycles. The van der Waals surface area contributed by atoms with Crippen molar-refractivity contribution in [2.75, 3.05) is 6.54 Å². The van der Waals surface area contributed by atoms with E-state index in [0.717, 1.165) is 38.6 Å². The molecule has 1 heterocycles. The Morgan fingerprint density at radius 3 is 2.85 bits per heavy atom. The van der Waals surface area contributed by atoms with E-state index >= 15 is 0 Å². The molecule has 3 unspecified atom stereocenters. The van der Waals surface area contributed by atoms with Gasteiger partial charge in [-0.2, -0.15) is 0 Å². The van der Waals surface area contributed by atoms with E-state index < -0.39 is 0 Å². The number of amides is 1. The van der Waals surface area contributed by atoms with Gasteiger partial charge in [0.05, 0.1) is 5.92 Å². The van der Waals surface area contributed by atoms with Crippen molar-refractivity contribution < 1.29 is 4.79 Å². The summed E-state index contributed by atoms with van der Waals surface area (Å²) in [4.78, 5) is 12.4. The third-order valence-corrected chi connectivity index (χ3v) is 4.79. The van der Waals surface area contributed by atoms with Crippen LogP contribution in [-0.2, 0) is 17.6 Å². The van der Waals surface area contributed by atoms with Crippen LogP contribution in [0.4, 0.5) is 0 Å². The fraction of sp³-hybridized carbons (Fsp3) is 0.588. The molecule has 20 heavy (non-hydrogen) atoms. The van der Waals surface area contributed by atoms with Crippen molar-refractivity contribution in [1.82, 2.24) is 10.6 Å². The van der Waals surface area contributed by atoms with Crippen LogP contribution in [0, 0.1) is 5.92 Å². The third-order valence-electron chi connectivity index (χ3n) is 4.79. The highest BCUT2D eigenvalue weighted by Gasteiger charge is 2.29. The number of aryl methyl sites for hydroxylation is 1. The van der Waals surface area contributed by atoms with Crippen molar-refractivity contribution >= 4 is 5.91 Å². The molecule has 1 aromatic rings. The summed E-state index contributed by atoms with van der Waals surface area (Å²) in [5.74, 6) is 0.384. The summed E-state index contributed by atoms with van der Waals surface area (Å²) in [5.41, 5.74) is 2.85. The first-order valence-corrected chi connectivity index (χ1v) is 7.84. The van der Waals surface area contributed by atoms with Crippen molar-refractivity contribution in [2.24, 2.45) is 5.92 Å². The van der Waals surface area contributed by atoms with Crippen LogP contribution in [0.2, 0.25) is 0 Å². The lowest BCUT2D eigenvalue weighted by Gasteiger charge is -2.32. The van der Waals surface area contributed by atoms with Crippen molar-refractivity contribution in [3.8, 4) is 0 Å². The van der Waals surface area contributed by atoms with Gasteiger partial charge in [0.15, 0.2) is 0 Å². The molecule has 3 rings (SSSR count). The van der Waals surface area contributed by atoms with Gasteiger partial charge in [-0.1, -0.05) is 24.3 Å². The molecule has 1 fully saturated rings. The number of fused-ring (bicyclic) bond motifs is 1. The summed E-state index contributed by atoms with van der Waals surface area (Å²) in [6, 6.07) is 9.22. The Kier molecular flexibility index (Phi) is 4.06. The second-order valence-corrected chi connectivity index (χ2v) is 6.21. The minimum absolute atomic E-state index is 0.140. The number of hydrogen-bond acceptors (Lipinski definition) is 2. The SMILES string of the molecule is CC1NCCCC1C(=O)NC1CCc2ccccc2C1. The minimum atomic E-state index is 0.140. The maximum absolute atomic E-state index is 12.4. The number of nitrogens with one attached hydrogen (secondary N) is 2. The van der Waals surface area contributed by atoms with E-state index in [2.05, 4.69) is 41.8 Å². The number of hydrogen-bond donors (Lipinski definition) is 2. The quantitative estimate of drug-likeness (QED) is 0.865. The molecule has 0 saturated carbocycles. The summed E-state index contributed by atoms with van der Waals surface area (Å²) < 4.78 is 0. The van der Waals surface area contributed by atoms with Crippen LogP contribution in [0.5, 0.6) is 0 Å². The van der Waals surface area contributed by atoms with Gasteiger partial charge in [-0.15, -0.1) is 0 Å². The molecule has 0 bridgehead atoms. The predicted octanol–water partition coefficient (Wildman–Crippen LogP) is 2.05. The Bertz CT molecular complexity index is 486. The average Bonchev–Trinajstić information content (AvgIpc) is 2.47. The van der Waals surface area contributed by atoms with E-state index in [-0.39, 0.29) is 11.8 Å². The van der Waals surface area contributed by atoms with E-state index in [0.29, 0.717) is 12.1 Å². The molecule has 2 N–H and O–H groups in total. The Morgan fingerprint density at radius 2 is 2.05 bits per heavy atom. The molecule has 3 heteroatoms. The Morgan fingerprint density at radius 1 is 1.25 bits per heavy atom. The Balaban J connectivity index is 1.60. The Hall–Kier alpha value is -1.35. The summed E-state index contributed by atoms with van der Waals surface area (Å²) in [6.07, 6.45) is 5.26. The Labute approximate surface area is 121 Å². The molecule has 0 spiro atoms. The fourth-order valence-electron chi connectivity index (χ4n) is 3.53. The van der Waals surface area contributed by atoms with E-state index in [1.165, 1.54) is 11.1 Å². The van der Waals surface area contributed by atoms with Crippen molar-refractivity contribution in [1.29, 1.82) is 0 Å². The topological polar surface area (TPSA) is 41.1 Å². The third kappa shape index (κ3) is 2.88. The molecular weight excluding hydrogens is 248 g/mol. The van der Waals surface area contributed by atoms with Crippen LogP contribution < -0.4 is 10.6 Å². The highest BCUT2D eigenvalue weighted by molar-refractivity contribution is 5.79. The maximum atomic E-state index is 12.4. The normalized spacial score (nSPS) is 29.6. The van der Waals surface area contributed by atoms with Gasteiger partial charge in [0, 0.05) is 12.1 Å². The first kappa shape index (κ1) is 13.6. The molecular formula is C17H24N2O. The lowest BCUT2D eigenvalue weighted by Crippen LogP contribution is -2.50. The van der Waals surface area contributed by atoms with Crippen LogP contribution in [0.3, 0.4) is 0 Å². The van der Waals surface area contributed by atoms with Gasteiger partial charge >= 0.3 is 0 Å². The van der Waals surface area contributed by atoms with Crippen molar-refractivity contribution in [3.05, 3.63) is 35.4 Å². The summed E-state index contributed by atoms with van der Waals surface area (Å²) in [7, 11) is 0. The standard InChI is InChI=1S/C17H24N2O/c1-12-16(7-4-10-18-12)17(20)19-15-9-8-13-5-2-3-6-14(13)11-15/h2-3,5-6,12,15-16,18H,4,7-11H2,1H3,(H,19,20). The van der Waals surface area contributed by atoms with Crippen LogP contribution in [-0.4, -0.2) is 24.5 Å². The van der Waals surface area contributed by atoms with Gasteiger partial charge in [0.25, 0.3) is 0 Å². The largest absolute Gasteiger partial charge is 0.353 e. The summed E-state index contributed by atoms with van der Waals surface area (Å²) in [5, 5.41) is 6.69.